The highest BCUT2D eigenvalue weighted by Gasteiger charge is 2.32. The first-order chi connectivity index (χ1) is 6.08. The van der Waals surface area contributed by atoms with Crippen LogP contribution >= 0.6 is 22.6 Å². The van der Waals surface area contributed by atoms with Crippen molar-refractivity contribution in [3.8, 4) is 0 Å². The Morgan fingerprint density at radius 3 is 2.92 bits per heavy atom. The molecule has 0 heterocycles. The number of allylic oxidation sites excluding steroid dienone is 3. The summed E-state index contributed by atoms with van der Waals surface area (Å²) in [5, 5.41) is 0. The molecule has 1 heteroatoms. The lowest BCUT2D eigenvalue weighted by molar-refractivity contribution is 0.216. The smallest absolute Gasteiger partial charge is 0.00526 e. The third-order valence-electron chi connectivity index (χ3n) is 3.06. The van der Waals surface area contributed by atoms with Gasteiger partial charge in [-0.15, -0.1) is 6.58 Å². The first kappa shape index (κ1) is 11.3. The largest absolute Gasteiger partial charge is 0.103 e. The Bertz CT molecular complexity index is 213. The van der Waals surface area contributed by atoms with Gasteiger partial charge in [-0.05, 0) is 63.2 Å². The molecule has 0 saturated heterocycles. The minimum atomic E-state index is 0.494. The maximum Gasteiger partial charge on any atom is -0.00526 e. The van der Waals surface area contributed by atoms with Crippen LogP contribution in [0.2, 0.25) is 0 Å². The molecule has 1 aliphatic rings. The van der Waals surface area contributed by atoms with Gasteiger partial charge in [0.05, 0.1) is 0 Å². The molecule has 0 aliphatic heterocycles. The summed E-state index contributed by atoms with van der Waals surface area (Å²) in [6.07, 6.45) is 9.45. The van der Waals surface area contributed by atoms with E-state index in [1.807, 2.05) is 6.08 Å². The Morgan fingerprint density at radius 2 is 2.38 bits per heavy atom. The highest BCUT2D eigenvalue weighted by Crippen LogP contribution is 2.45. The predicted molar refractivity (Wildman–Crippen MR) is 68.0 cm³/mol. The lowest BCUT2D eigenvalue weighted by Crippen LogP contribution is -2.26. The predicted octanol–water partition coefficient (Wildman–Crippen LogP) is 4.71. The molecule has 0 spiro atoms. The summed E-state index contributed by atoms with van der Waals surface area (Å²) in [6.45, 7) is 8.59. The van der Waals surface area contributed by atoms with Gasteiger partial charge in [-0.25, -0.2) is 0 Å². The van der Waals surface area contributed by atoms with E-state index in [9.17, 15) is 0 Å². The molecule has 0 N–H and O–H groups in total. The highest BCUT2D eigenvalue weighted by molar-refractivity contribution is 14.1. The Hall–Kier alpha value is 0.210. The van der Waals surface area contributed by atoms with Crippen LogP contribution in [0.4, 0.5) is 0 Å². The van der Waals surface area contributed by atoms with Crippen molar-refractivity contribution >= 4 is 22.6 Å². The molecule has 0 fully saturated rings. The Labute approximate surface area is 95.6 Å². The SMILES string of the molecule is C=CCC[C@H]1C(I)=CCCC1(C)C. The topological polar surface area (TPSA) is 0 Å². The van der Waals surface area contributed by atoms with Crippen LogP contribution in [0.5, 0.6) is 0 Å². The molecule has 1 atom stereocenters. The van der Waals surface area contributed by atoms with E-state index in [0.29, 0.717) is 5.41 Å². The summed E-state index contributed by atoms with van der Waals surface area (Å²) < 4.78 is 1.57. The maximum absolute atomic E-state index is 3.80. The zero-order valence-electron chi connectivity index (χ0n) is 8.65. The zero-order valence-corrected chi connectivity index (χ0v) is 10.8. The molecule has 0 radical (unpaired) electrons. The molecule has 74 valence electrons. The van der Waals surface area contributed by atoms with Gasteiger partial charge in [0.1, 0.15) is 0 Å². The van der Waals surface area contributed by atoms with E-state index >= 15 is 0 Å². The van der Waals surface area contributed by atoms with E-state index in [4.69, 9.17) is 0 Å². The van der Waals surface area contributed by atoms with Crippen LogP contribution in [0, 0.1) is 11.3 Å². The van der Waals surface area contributed by atoms with Crippen molar-refractivity contribution in [3.63, 3.8) is 0 Å². The summed E-state index contributed by atoms with van der Waals surface area (Å²) >= 11 is 2.51. The monoisotopic (exact) mass is 290 g/mol. The number of hydrogen-bond acceptors (Lipinski definition) is 0. The molecule has 0 aromatic carbocycles. The average Bonchev–Trinajstić information content (AvgIpc) is 2.02. The van der Waals surface area contributed by atoms with Gasteiger partial charge in [0.25, 0.3) is 0 Å². The molecular formula is C12H19I. The Balaban J connectivity index is 2.69. The van der Waals surface area contributed by atoms with E-state index < -0.39 is 0 Å². The van der Waals surface area contributed by atoms with E-state index in [2.05, 4.69) is 49.1 Å². The standard InChI is InChI=1S/C12H19I/c1-4-5-7-10-11(13)8-6-9-12(10,2)3/h4,8,10H,1,5-7,9H2,2-3H3/t10-/m0/s1. The molecule has 0 amide bonds. The third-order valence-corrected chi connectivity index (χ3v) is 4.26. The second-order valence-corrected chi connectivity index (χ2v) is 5.78. The molecule has 0 unspecified atom stereocenters. The molecule has 0 aromatic rings. The van der Waals surface area contributed by atoms with Gasteiger partial charge in [0.15, 0.2) is 0 Å². The summed E-state index contributed by atoms with van der Waals surface area (Å²) in [5.41, 5.74) is 0.494. The Morgan fingerprint density at radius 1 is 1.69 bits per heavy atom. The van der Waals surface area contributed by atoms with Crippen LogP contribution in [-0.2, 0) is 0 Å². The maximum atomic E-state index is 3.80. The average molecular weight is 290 g/mol. The van der Waals surface area contributed by atoms with Crippen LogP contribution in [0.1, 0.15) is 39.5 Å². The molecule has 13 heavy (non-hydrogen) atoms. The van der Waals surface area contributed by atoms with Gasteiger partial charge >= 0.3 is 0 Å². The lowest BCUT2D eigenvalue weighted by atomic mass is 9.70. The van der Waals surface area contributed by atoms with Crippen LogP contribution < -0.4 is 0 Å². The first-order valence-corrected chi connectivity index (χ1v) is 6.12. The zero-order chi connectivity index (χ0) is 9.90. The second kappa shape index (κ2) is 4.63. The summed E-state index contributed by atoms with van der Waals surface area (Å²) in [4.78, 5) is 0. The van der Waals surface area contributed by atoms with Crippen molar-refractivity contribution in [2.45, 2.75) is 39.5 Å². The van der Waals surface area contributed by atoms with Gasteiger partial charge in [0.2, 0.25) is 0 Å². The van der Waals surface area contributed by atoms with E-state index in [1.54, 1.807) is 3.58 Å². The molecule has 0 aromatic heterocycles. The molecule has 1 rings (SSSR count). The third kappa shape index (κ3) is 2.83. The van der Waals surface area contributed by atoms with Crippen molar-refractivity contribution < 1.29 is 0 Å². The normalized spacial score (nSPS) is 26.7. The van der Waals surface area contributed by atoms with Crippen molar-refractivity contribution in [2.24, 2.45) is 11.3 Å². The molecular weight excluding hydrogens is 271 g/mol. The number of halogens is 1. The Kier molecular flexibility index (Phi) is 4.02. The van der Waals surface area contributed by atoms with Crippen molar-refractivity contribution in [1.82, 2.24) is 0 Å². The van der Waals surface area contributed by atoms with Crippen molar-refractivity contribution in [1.29, 1.82) is 0 Å². The highest BCUT2D eigenvalue weighted by atomic mass is 127. The fourth-order valence-corrected chi connectivity index (χ4v) is 3.55. The molecule has 0 bridgehead atoms. The molecule has 0 saturated carbocycles. The van der Waals surface area contributed by atoms with Gasteiger partial charge in [0, 0.05) is 0 Å². The molecule has 0 nitrogen and oxygen atoms in total. The minimum absolute atomic E-state index is 0.494. The quantitative estimate of drug-likeness (QED) is 0.521. The molecule has 1 aliphatic carbocycles. The van der Waals surface area contributed by atoms with E-state index in [0.717, 1.165) is 12.3 Å². The minimum Gasteiger partial charge on any atom is -0.103 e. The van der Waals surface area contributed by atoms with Gasteiger partial charge in [-0.1, -0.05) is 26.0 Å². The van der Waals surface area contributed by atoms with Crippen LogP contribution in [0.3, 0.4) is 0 Å². The van der Waals surface area contributed by atoms with E-state index in [1.165, 1.54) is 19.3 Å². The fraction of sp³-hybridized carbons (Fsp3) is 0.667. The number of hydrogen-bond donors (Lipinski definition) is 0. The van der Waals surface area contributed by atoms with E-state index in [-0.39, 0.29) is 0 Å². The van der Waals surface area contributed by atoms with Gasteiger partial charge < -0.3 is 0 Å². The summed E-state index contributed by atoms with van der Waals surface area (Å²) in [6, 6.07) is 0. The van der Waals surface area contributed by atoms with Crippen molar-refractivity contribution in [2.75, 3.05) is 0 Å². The summed E-state index contributed by atoms with van der Waals surface area (Å²) in [7, 11) is 0. The second-order valence-electron chi connectivity index (χ2n) is 4.53. The van der Waals surface area contributed by atoms with Gasteiger partial charge in [-0.3, -0.25) is 0 Å². The first-order valence-electron chi connectivity index (χ1n) is 5.04. The van der Waals surface area contributed by atoms with Gasteiger partial charge in [-0.2, -0.15) is 0 Å². The van der Waals surface area contributed by atoms with Crippen LogP contribution in [0.25, 0.3) is 0 Å². The number of rotatable bonds is 3. The van der Waals surface area contributed by atoms with Crippen LogP contribution in [-0.4, -0.2) is 0 Å². The summed E-state index contributed by atoms with van der Waals surface area (Å²) in [5.74, 6) is 0.764. The lowest BCUT2D eigenvalue weighted by Gasteiger charge is -2.37. The fourth-order valence-electron chi connectivity index (χ4n) is 2.08. The van der Waals surface area contributed by atoms with Crippen LogP contribution in [0.15, 0.2) is 22.3 Å². The van der Waals surface area contributed by atoms with Crippen molar-refractivity contribution in [3.05, 3.63) is 22.3 Å².